The van der Waals surface area contributed by atoms with Gasteiger partial charge in [-0.25, -0.2) is 4.79 Å². The molecule has 0 N–H and O–H groups in total. The summed E-state index contributed by atoms with van der Waals surface area (Å²) in [7, 11) is 1.49. The summed E-state index contributed by atoms with van der Waals surface area (Å²) in [6, 6.07) is 6.93. The van der Waals surface area contributed by atoms with Crippen LogP contribution in [-0.2, 0) is 9.53 Å². The Balaban J connectivity index is 2.07. The molecule has 0 saturated carbocycles. The molecule has 6 heteroatoms. The number of nitrogens with zero attached hydrogens (tertiary/aromatic N) is 1. The molecule has 0 aliphatic carbocycles. The first kappa shape index (κ1) is 23.7. The maximum absolute atomic E-state index is 12.7. The zero-order valence-electron chi connectivity index (χ0n) is 18.8. The summed E-state index contributed by atoms with van der Waals surface area (Å²) in [5.41, 5.74) is 6.47. The van der Waals surface area contributed by atoms with Crippen LogP contribution < -0.4 is 9.47 Å². The molecule has 6 nitrogen and oxygen atoms in total. The lowest BCUT2D eigenvalue weighted by atomic mass is 9.88. The van der Waals surface area contributed by atoms with Gasteiger partial charge in [-0.3, -0.25) is 4.79 Å². The molecule has 2 rings (SSSR count). The minimum atomic E-state index is -0.618. The Morgan fingerprint density at radius 1 is 0.968 bits per heavy atom. The van der Waals surface area contributed by atoms with E-state index in [1.54, 1.807) is 24.3 Å². The molecule has 0 radical (unpaired) electrons. The van der Waals surface area contributed by atoms with Gasteiger partial charge in [-0.1, -0.05) is 6.07 Å². The van der Waals surface area contributed by atoms with Gasteiger partial charge in [0, 0.05) is 11.6 Å². The average Bonchev–Trinajstić information content (AvgIpc) is 2.77. The number of benzene rings is 2. The molecule has 0 unspecified atom stereocenters. The van der Waals surface area contributed by atoms with Crippen molar-refractivity contribution in [2.45, 2.75) is 34.6 Å². The van der Waals surface area contributed by atoms with Crippen LogP contribution in [0, 0.1) is 45.9 Å². The van der Waals surface area contributed by atoms with E-state index in [9.17, 15) is 9.59 Å². The number of rotatable bonds is 8. The standard InChI is InChI=1S/C25H27NO5/c1-15-16(2)18(4)25(19(5)17(15)3)21(27)14-31-24(28)10-8-20-7-9-22(30-12-11-26)23(13-20)29-6/h7-10,13H,12,14H2,1-6H3/b10-8+. The molecule has 0 heterocycles. The van der Waals surface area contributed by atoms with Crippen molar-refractivity contribution < 1.29 is 23.8 Å². The monoisotopic (exact) mass is 421 g/mol. The maximum Gasteiger partial charge on any atom is 0.331 e. The summed E-state index contributed by atoms with van der Waals surface area (Å²) in [5, 5.41) is 8.62. The van der Waals surface area contributed by atoms with E-state index >= 15 is 0 Å². The van der Waals surface area contributed by atoms with Crippen LogP contribution in [0.25, 0.3) is 6.08 Å². The fourth-order valence-electron chi connectivity index (χ4n) is 3.36. The second-order valence-electron chi connectivity index (χ2n) is 7.22. The Labute approximate surface area is 183 Å². The Hall–Kier alpha value is -3.59. The molecule has 162 valence electrons. The molecule has 0 aromatic heterocycles. The Morgan fingerprint density at radius 3 is 2.16 bits per heavy atom. The first-order valence-corrected chi connectivity index (χ1v) is 9.84. The first-order chi connectivity index (χ1) is 14.7. The van der Waals surface area contributed by atoms with Gasteiger partial charge < -0.3 is 14.2 Å². The zero-order valence-corrected chi connectivity index (χ0v) is 18.8. The van der Waals surface area contributed by atoms with E-state index in [-0.39, 0.29) is 19.0 Å². The molecule has 0 bridgehead atoms. The van der Waals surface area contributed by atoms with Crippen molar-refractivity contribution in [3.63, 3.8) is 0 Å². The predicted molar refractivity (Wildman–Crippen MR) is 119 cm³/mol. The molecule has 0 atom stereocenters. The fourth-order valence-corrected chi connectivity index (χ4v) is 3.36. The van der Waals surface area contributed by atoms with Crippen molar-refractivity contribution in [3.8, 4) is 17.6 Å². The summed E-state index contributed by atoms with van der Waals surface area (Å²) in [6.45, 7) is 9.45. The Kier molecular flexibility index (Phi) is 7.98. The summed E-state index contributed by atoms with van der Waals surface area (Å²) >= 11 is 0. The van der Waals surface area contributed by atoms with Crippen LogP contribution in [0.4, 0.5) is 0 Å². The van der Waals surface area contributed by atoms with Gasteiger partial charge >= 0.3 is 5.97 Å². The number of Topliss-reactive ketones (excluding diaryl/α,β-unsaturated/α-hetero) is 1. The van der Waals surface area contributed by atoms with Crippen molar-refractivity contribution in [3.05, 3.63) is 63.2 Å². The normalized spacial score (nSPS) is 10.6. The zero-order chi connectivity index (χ0) is 23.1. The van der Waals surface area contributed by atoms with E-state index in [1.807, 2.05) is 40.7 Å². The predicted octanol–water partition coefficient (Wildman–Crippen LogP) is 4.58. The van der Waals surface area contributed by atoms with Crippen molar-refractivity contribution in [2.24, 2.45) is 0 Å². The smallest absolute Gasteiger partial charge is 0.331 e. The third-order valence-electron chi connectivity index (χ3n) is 5.52. The molecule has 0 fully saturated rings. The number of esters is 1. The number of methoxy groups -OCH3 is 1. The molecule has 0 aliphatic rings. The van der Waals surface area contributed by atoms with E-state index in [2.05, 4.69) is 0 Å². The van der Waals surface area contributed by atoms with E-state index in [0.29, 0.717) is 22.6 Å². The van der Waals surface area contributed by atoms with Crippen molar-refractivity contribution >= 4 is 17.8 Å². The fraction of sp³-hybridized carbons (Fsp3) is 0.320. The highest BCUT2D eigenvalue weighted by Gasteiger charge is 2.19. The SMILES string of the molecule is COc1cc(/C=C/C(=O)OCC(=O)c2c(C)c(C)c(C)c(C)c2C)ccc1OCC#N. The first-order valence-electron chi connectivity index (χ1n) is 9.84. The largest absolute Gasteiger partial charge is 0.493 e. The van der Waals surface area contributed by atoms with E-state index < -0.39 is 5.97 Å². The summed E-state index contributed by atoms with van der Waals surface area (Å²) < 4.78 is 15.7. The Bertz CT molecular complexity index is 1050. The van der Waals surface area contributed by atoms with Crippen LogP contribution in [0.2, 0.25) is 0 Å². The lowest BCUT2D eigenvalue weighted by Gasteiger charge is -2.17. The number of hydrogen-bond acceptors (Lipinski definition) is 6. The quantitative estimate of drug-likeness (QED) is 0.352. The van der Waals surface area contributed by atoms with E-state index in [1.165, 1.54) is 18.7 Å². The lowest BCUT2D eigenvalue weighted by Crippen LogP contribution is -2.16. The average molecular weight is 421 g/mol. The van der Waals surface area contributed by atoms with Crippen molar-refractivity contribution in [1.82, 2.24) is 0 Å². The highest BCUT2D eigenvalue weighted by Crippen LogP contribution is 2.29. The van der Waals surface area contributed by atoms with Crippen LogP contribution in [0.1, 0.15) is 43.7 Å². The molecule has 2 aromatic carbocycles. The van der Waals surface area contributed by atoms with E-state index in [0.717, 1.165) is 22.3 Å². The van der Waals surface area contributed by atoms with Crippen molar-refractivity contribution in [1.29, 1.82) is 5.26 Å². The number of carbonyl (C=O) groups excluding carboxylic acids is 2. The molecular weight excluding hydrogens is 394 g/mol. The van der Waals surface area contributed by atoms with Gasteiger partial charge in [-0.15, -0.1) is 0 Å². The number of ether oxygens (including phenoxy) is 3. The van der Waals surface area contributed by atoms with Crippen LogP contribution in [-0.4, -0.2) is 32.1 Å². The third kappa shape index (κ3) is 5.52. The topological polar surface area (TPSA) is 85.6 Å². The number of nitriles is 1. The van der Waals surface area contributed by atoms with Gasteiger partial charge in [-0.2, -0.15) is 5.26 Å². The lowest BCUT2D eigenvalue weighted by molar-refractivity contribution is -0.136. The second-order valence-corrected chi connectivity index (χ2v) is 7.22. The highest BCUT2D eigenvalue weighted by molar-refractivity contribution is 6.02. The number of carbonyl (C=O) groups is 2. The van der Waals surface area contributed by atoms with Gasteiger partial charge in [0.1, 0.15) is 6.07 Å². The molecule has 0 spiro atoms. The molecular formula is C25H27NO5. The van der Waals surface area contributed by atoms with Gasteiger partial charge in [0.15, 0.2) is 24.7 Å². The minimum Gasteiger partial charge on any atom is -0.493 e. The van der Waals surface area contributed by atoms with Crippen molar-refractivity contribution in [2.75, 3.05) is 20.3 Å². The molecule has 0 aliphatic heterocycles. The molecule has 2 aromatic rings. The number of hydrogen-bond donors (Lipinski definition) is 0. The maximum atomic E-state index is 12.7. The number of ketones is 1. The molecule has 31 heavy (non-hydrogen) atoms. The third-order valence-corrected chi connectivity index (χ3v) is 5.52. The summed E-state index contributed by atoms with van der Waals surface area (Å²) in [6.07, 6.45) is 2.81. The van der Waals surface area contributed by atoms with Crippen LogP contribution in [0.3, 0.4) is 0 Å². The van der Waals surface area contributed by atoms with E-state index in [4.69, 9.17) is 19.5 Å². The Morgan fingerprint density at radius 2 is 1.58 bits per heavy atom. The van der Waals surface area contributed by atoms with Gasteiger partial charge in [0.25, 0.3) is 0 Å². The van der Waals surface area contributed by atoms with Crippen LogP contribution >= 0.6 is 0 Å². The summed E-state index contributed by atoms with van der Waals surface area (Å²) in [4.78, 5) is 24.9. The second kappa shape index (κ2) is 10.4. The molecule has 0 amide bonds. The van der Waals surface area contributed by atoms with Gasteiger partial charge in [-0.05, 0) is 86.2 Å². The van der Waals surface area contributed by atoms with Gasteiger partial charge in [0.05, 0.1) is 7.11 Å². The highest BCUT2D eigenvalue weighted by atomic mass is 16.5. The van der Waals surface area contributed by atoms with Crippen LogP contribution in [0.15, 0.2) is 24.3 Å². The summed E-state index contributed by atoms with van der Waals surface area (Å²) in [5.74, 6) is 0.0393. The van der Waals surface area contributed by atoms with Gasteiger partial charge in [0.2, 0.25) is 5.78 Å². The minimum absolute atomic E-state index is 0.0924. The molecule has 0 saturated heterocycles. The van der Waals surface area contributed by atoms with Crippen LogP contribution in [0.5, 0.6) is 11.5 Å².